The van der Waals surface area contributed by atoms with Crippen molar-refractivity contribution in [1.29, 1.82) is 0 Å². The molecule has 11 heteroatoms. The van der Waals surface area contributed by atoms with E-state index in [2.05, 4.69) is 22.4 Å². The van der Waals surface area contributed by atoms with E-state index in [4.69, 9.17) is 0 Å². The normalized spacial score (nSPS) is 11.2. The van der Waals surface area contributed by atoms with Crippen molar-refractivity contribution >= 4 is 49.7 Å². The fraction of sp³-hybridized carbons (Fsp3) is 0.200. The molecule has 31 heavy (non-hydrogen) atoms. The third kappa shape index (κ3) is 6.36. The zero-order valence-corrected chi connectivity index (χ0v) is 18.7. The van der Waals surface area contributed by atoms with Gasteiger partial charge in [-0.2, -0.15) is 11.8 Å². The molecule has 162 valence electrons. The molecule has 0 aliphatic heterocycles. The molecule has 8 nitrogen and oxygen atoms in total. The number of sulfone groups is 1. The number of thioether (sulfide) groups is 1. The topological polar surface area (TPSA) is 119 Å². The summed E-state index contributed by atoms with van der Waals surface area (Å²) in [5.41, 5.74) is 1.04. The van der Waals surface area contributed by atoms with Crippen LogP contribution in [0.3, 0.4) is 0 Å². The number of carbonyl (C=O) groups is 1. The lowest BCUT2D eigenvalue weighted by molar-refractivity contribution is -0.384. The molecular formula is C20H19N3O5S3. The van der Waals surface area contributed by atoms with E-state index < -0.39 is 14.8 Å². The minimum absolute atomic E-state index is 0.0462. The molecule has 1 amide bonds. The lowest BCUT2D eigenvalue weighted by Crippen LogP contribution is -2.11. The number of nitro benzene ring substituents is 1. The van der Waals surface area contributed by atoms with Crippen LogP contribution in [0.25, 0.3) is 0 Å². The molecule has 3 rings (SSSR count). The highest BCUT2D eigenvalue weighted by Gasteiger charge is 2.22. The van der Waals surface area contributed by atoms with Crippen LogP contribution < -0.4 is 5.32 Å². The first kappa shape index (κ1) is 22.9. The van der Waals surface area contributed by atoms with Gasteiger partial charge in [0.05, 0.1) is 16.0 Å². The average Bonchev–Trinajstić information content (AvgIpc) is 3.23. The molecule has 0 spiro atoms. The van der Waals surface area contributed by atoms with Crippen LogP contribution in [0.15, 0.2) is 69.9 Å². The largest absolute Gasteiger partial charge is 0.302 e. The Balaban J connectivity index is 1.49. The van der Waals surface area contributed by atoms with E-state index in [-0.39, 0.29) is 25.8 Å². The van der Waals surface area contributed by atoms with Gasteiger partial charge in [0.15, 0.2) is 5.13 Å². The Bertz CT molecular complexity index is 1150. The van der Waals surface area contributed by atoms with Gasteiger partial charge in [0.2, 0.25) is 15.7 Å². The number of amides is 1. The highest BCUT2D eigenvalue weighted by molar-refractivity contribution is 7.98. The van der Waals surface area contributed by atoms with Gasteiger partial charge in [0.1, 0.15) is 4.21 Å². The SMILES string of the molecule is O=C(CCCSCc1ccccc1)Nc1ncc(S(=O)(=O)c2ccc([N+](=O)[O-])cc2)s1. The average molecular weight is 478 g/mol. The van der Waals surface area contributed by atoms with E-state index in [1.54, 1.807) is 11.8 Å². The Hall–Kier alpha value is -2.76. The Morgan fingerprint density at radius 3 is 2.52 bits per heavy atom. The van der Waals surface area contributed by atoms with E-state index in [0.717, 1.165) is 35.0 Å². The number of carbonyl (C=O) groups excluding carboxylic acids is 1. The summed E-state index contributed by atoms with van der Waals surface area (Å²) in [6.45, 7) is 0. The van der Waals surface area contributed by atoms with Crippen LogP contribution in [0.5, 0.6) is 0 Å². The Kier molecular flexibility index (Phi) is 7.77. The molecular weight excluding hydrogens is 458 g/mol. The van der Waals surface area contributed by atoms with Gasteiger partial charge in [0, 0.05) is 24.3 Å². The van der Waals surface area contributed by atoms with Crippen molar-refractivity contribution in [1.82, 2.24) is 4.98 Å². The number of non-ortho nitro benzene ring substituents is 1. The number of benzene rings is 2. The quantitative estimate of drug-likeness (QED) is 0.259. The van der Waals surface area contributed by atoms with Crippen molar-refractivity contribution in [3.8, 4) is 0 Å². The van der Waals surface area contributed by atoms with Crippen molar-refractivity contribution in [3.05, 3.63) is 76.5 Å². The first-order valence-corrected chi connectivity index (χ1v) is 12.7. The fourth-order valence-corrected chi connectivity index (χ4v) is 5.96. The van der Waals surface area contributed by atoms with Crippen LogP contribution in [-0.2, 0) is 20.4 Å². The zero-order chi connectivity index (χ0) is 22.3. The predicted octanol–water partition coefficient (Wildman–Crippen LogP) is 4.54. The lowest BCUT2D eigenvalue weighted by Gasteiger charge is -2.03. The summed E-state index contributed by atoms with van der Waals surface area (Å²) < 4.78 is 25.3. The summed E-state index contributed by atoms with van der Waals surface area (Å²) in [5.74, 6) is 1.49. The van der Waals surface area contributed by atoms with Crippen LogP contribution in [0.1, 0.15) is 18.4 Å². The predicted molar refractivity (Wildman–Crippen MR) is 121 cm³/mol. The molecule has 0 bridgehead atoms. The highest BCUT2D eigenvalue weighted by atomic mass is 32.2. The number of nitrogens with zero attached hydrogens (tertiary/aromatic N) is 2. The maximum Gasteiger partial charge on any atom is 0.269 e. The van der Waals surface area contributed by atoms with Crippen LogP contribution in [0.2, 0.25) is 0 Å². The summed E-state index contributed by atoms with van der Waals surface area (Å²) >= 11 is 2.59. The van der Waals surface area contributed by atoms with Gasteiger partial charge < -0.3 is 5.32 Å². The monoisotopic (exact) mass is 477 g/mol. The van der Waals surface area contributed by atoms with Gasteiger partial charge in [0.25, 0.3) is 5.69 Å². The maximum absolute atomic E-state index is 12.7. The van der Waals surface area contributed by atoms with E-state index in [1.165, 1.54) is 23.9 Å². The van der Waals surface area contributed by atoms with Gasteiger partial charge in [-0.25, -0.2) is 13.4 Å². The van der Waals surface area contributed by atoms with Gasteiger partial charge in [-0.15, -0.1) is 0 Å². The summed E-state index contributed by atoms with van der Waals surface area (Å²) in [6.07, 6.45) is 2.18. The molecule has 2 aromatic carbocycles. The number of hydrogen-bond donors (Lipinski definition) is 1. The molecule has 1 N–H and O–H groups in total. The van der Waals surface area contributed by atoms with Crippen molar-refractivity contribution in [3.63, 3.8) is 0 Å². The summed E-state index contributed by atoms with van der Waals surface area (Å²) in [6, 6.07) is 14.7. The first-order valence-electron chi connectivity index (χ1n) is 9.23. The Morgan fingerprint density at radius 2 is 1.84 bits per heavy atom. The number of thiazole rings is 1. The molecule has 1 heterocycles. The van der Waals surface area contributed by atoms with Crippen molar-refractivity contribution in [2.45, 2.75) is 27.7 Å². The Labute approximate surface area is 187 Å². The van der Waals surface area contributed by atoms with Crippen LogP contribution >= 0.6 is 23.1 Å². The van der Waals surface area contributed by atoms with Crippen LogP contribution in [-0.4, -0.2) is 30.0 Å². The molecule has 0 unspecified atom stereocenters. The highest BCUT2D eigenvalue weighted by Crippen LogP contribution is 2.29. The second-order valence-corrected chi connectivity index (χ2v) is 10.7. The van der Waals surface area contributed by atoms with Gasteiger partial charge >= 0.3 is 0 Å². The molecule has 0 aliphatic carbocycles. The van der Waals surface area contributed by atoms with Crippen molar-refractivity contribution < 1.29 is 18.1 Å². The number of nitrogens with one attached hydrogen (secondary N) is 1. The second-order valence-electron chi connectivity index (χ2n) is 6.43. The number of hydrogen-bond acceptors (Lipinski definition) is 8. The number of anilines is 1. The van der Waals surface area contributed by atoms with Gasteiger partial charge in [-0.05, 0) is 29.9 Å². The van der Waals surface area contributed by atoms with Crippen LogP contribution in [0.4, 0.5) is 10.8 Å². The van der Waals surface area contributed by atoms with Crippen LogP contribution in [0, 0.1) is 10.1 Å². The molecule has 0 atom stereocenters. The minimum Gasteiger partial charge on any atom is -0.302 e. The van der Waals surface area contributed by atoms with E-state index in [9.17, 15) is 23.3 Å². The van der Waals surface area contributed by atoms with E-state index in [1.807, 2.05) is 18.2 Å². The third-order valence-electron chi connectivity index (χ3n) is 4.16. The summed E-state index contributed by atoms with van der Waals surface area (Å²) in [5, 5.41) is 13.5. The summed E-state index contributed by atoms with van der Waals surface area (Å²) in [7, 11) is -3.87. The zero-order valence-electron chi connectivity index (χ0n) is 16.3. The molecule has 1 aromatic heterocycles. The second kappa shape index (κ2) is 10.5. The van der Waals surface area contributed by atoms with Crippen molar-refractivity contribution in [2.24, 2.45) is 0 Å². The van der Waals surface area contributed by atoms with E-state index in [0.29, 0.717) is 12.8 Å². The number of rotatable bonds is 10. The molecule has 0 saturated heterocycles. The molecule has 0 fully saturated rings. The standard InChI is InChI=1S/C20H19N3O5S3/c24-18(7-4-12-29-14-15-5-2-1-3-6-15)22-20-21-13-19(30-20)31(27,28)17-10-8-16(9-11-17)23(25)26/h1-3,5-6,8-11,13H,4,7,12,14H2,(H,21,22,24). The number of aromatic nitrogens is 1. The Morgan fingerprint density at radius 1 is 1.13 bits per heavy atom. The number of nitro groups is 1. The fourth-order valence-electron chi connectivity index (χ4n) is 2.59. The first-order chi connectivity index (χ1) is 14.9. The molecule has 0 radical (unpaired) electrons. The van der Waals surface area contributed by atoms with Gasteiger partial charge in [-0.3, -0.25) is 14.9 Å². The molecule has 0 aliphatic rings. The summed E-state index contributed by atoms with van der Waals surface area (Å²) in [4.78, 5) is 26.1. The third-order valence-corrected chi connectivity index (χ3v) is 8.42. The lowest BCUT2D eigenvalue weighted by atomic mass is 10.2. The smallest absolute Gasteiger partial charge is 0.269 e. The molecule has 0 saturated carbocycles. The van der Waals surface area contributed by atoms with E-state index >= 15 is 0 Å². The van der Waals surface area contributed by atoms with Crippen molar-refractivity contribution in [2.75, 3.05) is 11.1 Å². The maximum atomic E-state index is 12.7. The minimum atomic E-state index is -3.87. The van der Waals surface area contributed by atoms with Gasteiger partial charge in [-0.1, -0.05) is 41.7 Å². The molecule has 3 aromatic rings.